The van der Waals surface area contributed by atoms with E-state index in [2.05, 4.69) is 29.9 Å². The molecule has 4 rings (SSSR count). The van der Waals surface area contributed by atoms with Gasteiger partial charge < -0.3 is 9.47 Å². The number of nitrogens with one attached hydrogen (secondary N) is 1. The number of hydrogen-bond donors (Lipinski definition) is 1. The summed E-state index contributed by atoms with van der Waals surface area (Å²) < 4.78 is 41.6. The van der Waals surface area contributed by atoms with Crippen molar-refractivity contribution in [2.75, 3.05) is 18.9 Å². The van der Waals surface area contributed by atoms with Crippen LogP contribution in [0.15, 0.2) is 30.6 Å². The molecule has 2 atom stereocenters. The Kier molecular flexibility index (Phi) is 6.77. The minimum absolute atomic E-state index is 0.0637. The molecule has 1 aliphatic carbocycles. The number of hydrogen-bond acceptors (Lipinski definition) is 9. The number of methoxy groups -OCH3 is 2. The lowest BCUT2D eigenvalue weighted by atomic mass is 9.93. The molecule has 0 aliphatic heterocycles. The monoisotopic (exact) mass is 493 g/mol. The van der Waals surface area contributed by atoms with Crippen molar-refractivity contribution in [1.29, 1.82) is 0 Å². The van der Waals surface area contributed by atoms with Crippen molar-refractivity contribution in [3.8, 4) is 17.4 Å². The summed E-state index contributed by atoms with van der Waals surface area (Å²) in [6, 6.07) is 5.36. The molecule has 0 bridgehead atoms. The average Bonchev–Trinajstić information content (AvgIpc) is 3.16. The quantitative estimate of drug-likeness (QED) is 0.477. The second-order valence-corrected chi connectivity index (χ2v) is 10.1. The number of sulfonamides is 1. The second-order valence-electron chi connectivity index (χ2n) is 7.64. The van der Waals surface area contributed by atoms with Crippen LogP contribution in [0.25, 0.3) is 11.5 Å². The maximum absolute atomic E-state index is 13.3. The zero-order valence-corrected chi connectivity index (χ0v) is 19.9. The first-order valence-corrected chi connectivity index (χ1v) is 12.2. The molecule has 1 saturated carbocycles. The van der Waals surface area contributed by atoms with Gasteiger partial charge in [0, 0.05) is 31.6 Å². The average molecular weight is 494 g/mol. The third-order valence-electron chi connectivity index (χ3n) is 5.60. The smallest absolute Gasteiger partial charge is 0.240 e. The van der Waals surface area contributed by atoms with Gasteiger partial charge >= 0.3 is 0 Å². The van der Waals surface area contributed by atoms with Crippen LogP contribution in [0.2, 0.25) is 5.02 Å². The maximum Gasteiger partial charge on any atom is 0.240 e. The Morgan fingerprint density at radius 1 is 1.18 bits per heavy atom. The SMILES string of the molecule is COc1cccc(-c2nnc(NS(=O)(=O)[C@@H](C)[C@H](OC)c3ncc(Cl)cn3)n2C2CCC2)n1. The minimum Gasteiger partial charge on any atom is -0.481 e. The highest BCUT2D eigenvalue weighted by Crippen LogP contribution is 2.37. The van der Waals surface area contributed by atoms with Crippen LogP contribution in [0.5, 0.6) is 5.88 Å². The van der Waals surface area contributed by atoms with Gasteiger partial charge in [0.05, 0.1) is 12.1 Å². The first kappa shape index (κ1) is 23.3. The molecule has 176 valence electrons. The molecule has 3 aromatic heterocycles. The summed E-state index contributed by atoms with van der Waals surface area (Å²) >= 11 is 5.85. The van der Waals surface area contributed by atoms with Gasteiger partial charge in [0.2, 0.25) is 21.9 Å². The van der Waals surface area contributed by atoms with E-state index < -0.39 is 21.4 Å². The summed E-state index contributed by atoms with van der Waals surface area (Å²) in [6.07, 6.45) is 4.68. The van der Waals surface area contributed by atoms with Crippen LogP contribution in [-0.2, 0) is 14.8 Å². The Morgan fingerprint density at radius 3 is 2.52 bits per heavy atom. The van der Waals surface area contributed by atoms with Gasteiger partial charge in [0.25, 0.3) is 0 Å². The van der Waals surface area contributed by atoms with Crippen LogP contribution in [0.3, 0.4) is 0 Å². The molecule has 11 nitrogen and oxygen atoms in total. The van der Waals surface area contributed by atoms with Crippen LogP contribution in [0, 0.1) is 0 Å². The third kappa shape index (κ3) is 4.77. The molecule has 0 spiro atoms. The van der Waals surface area contributed by atoms with Gasteiger partial charge in [-0.15, -0.1) is 10.2 Å². The summed E-state index contributed by atoms with van der Waals surface area (Å²) in [5.74, 6) is 1.23. The molecule has 0 unspecified atom stereocenters. The van der Waals surface area contributed by atoms with E-state index in [0.29, 0.717) is 22.4 Å². The zero-order chi connectivity index (χ0) is 23.6. The molecular weight excluding hydrogens is 470 g/mol. The summed E-state index contributed by atoms with van der Waals surface area (Å²) in [6.45, 7) is 1.52. The Hall–Kier alpha value is -2.83. The van der Waals surface area contributed by atoms with Crippen LogP contribution >= 0.6 is 11.6 Å². The van der Waals surface area contributed by atoms with E-state index in [1.54, 1.807) is 22.8 Å². The Bertz CT molecular complexity index is 1220. The maximum atomic E-state index is 13.3. The highest BCUT2D eigenvalue weighted by molar-refractivity contribution is 7.93. The lowest BCUT2D eigenvalue weighted by molar-refractivity contribution is 0.0950. The first-order chi connectivity index (χ1) is 15.8. The number of nitrogens with zero attached hydrogens (tertiary/aromatic N) is 6. The van der Waals surface area contributed by atoms with Crippen molar-refractivity contribution < 1.29 is 17.9 Å². The lowest BCUT2D eigenvalue weighted by Crippen LogP contribution is -2.34. The van der Waals surface area contributed by atoms with E-state index in [4.69, 9.17) is 21.1 Å². The number of rotatable bonds is 9. The van der Waals surface area contributed by atoms with Gasteiger partial charge in [-0.05, 0) is 32.3 Å². The fourth-order valence-corrected chi connectivity index (χ4v) is 4.77. The molecular formula is C20H24ClN7O4S. The highest BCUT2D eigenvalue weighted by Gasteiger charge is 2.35. The minimum atomic E-state index is -3.96. The summed E-state index contributed by atoms with van der Waals surface area (Å²) in [7, 11) is -1.03. The Morgan fingerprint density at radius 2 is 1.91 bits per heavy atom. The molecule has 0 radical (unpaired) electrons. The van der Waals surface area contributed by atoms with E-state index in [1.807, 2.05) is 0 Å². The van der Waals surface area contributed by atoms with E-state index in [1.165, 1.54) is 33.5 Å². The number of pyridine rings is 1. The molecule has 1 fully saturated rings. The van der Waals surface area contributed by atoms with Crippen LogP contribution in [-0.4, -0.2) is 57.6 Å². The Balaban J connectivity index is 1.66. The molecule has 0 amide bonds. The van der Waals surface area contributed by atoms with Gasteiger partial charge in [0.1, 0.15) is 17.0 Å². The molecule has 13 heteroatoms. The normalized spacial score (nSPS) is 16.1. The number of halogens is 1. The Labute approximate surface area is 196 Å². The van der Waals surface area contributed by atoms with Gasteiger partial charge in [0.15, 0.2) is 11.6 Å². The second kappa shape index (κ2) is 9.57. The fraction of sp³-hybridized carbons (Fsp3) is 0.450. The lowest BCUT2D eigenvalue weighted by Gasteiger charge is -2.29. The fourth-order valence-electron chi connectivity index (χ4n) is 3.54. The van der Waals surface area contributed by atoms with Gasteiger partial charge in [-0.2, -0.15) is 0 Å². The van der Waals surface area contributed by atoms with Gasteiger partial charge in [-0.1, -0.05) is 17.7 Å². The van der Waals surface area contributed by atoms with Crippen molar-refractivity contribution in [2.45, 2.75) is 43.6 Å². The van der Waals surface area contributed by atoms with Crippen molar-refractivity contribution in [1.82, 2.24) is 29.7 Å². The van der Waals surface area contributed by atoms with Crippen molar-refractivity contribution >= 4 is 27.6 Å². The van der Waals surface area contributed by atoms with Crippen molar-refractivity contribution in [3.05, 3.63) is 41.4 Å². The molecule has 1 aliphatic rings. The van der Waals surface area contributed by atoms with E-state index in [0.717, 1.165) is 19.3 Å². The molecule has 3 aromatic rings. The van der Waals surface area contributed by atoms with Crippen LogP contribution in [0.1, 0.15) is 44.2 Å². The number of aromatic nitrogens is 6. The molecule has 3 heterocycles. The summed E-state index contributed by atoms with van der Waals surface area (Å²) in [5.41, 5.74) is 0.538. The summed E-state index contributed by atoms with van der Waals surface area (Å²) in [5, 5.41) is 7.69. The van der Waals surface area contributed by atoms with Crippen LogP contribution < -0.4 is 9.46 Å². The van der Waals surface area contributed by atoms with Gasteiger partial charge in [-0.25, -0.2) is 23.4 Å². The van der Waals surface area contributed by atoms with E-state index in [-0.39, 0.29) is 17.8 Å². The molecule has 33 heavy (non-hydrogen) atoms. The van der Waals surface area contributed by atoms with Crippen molar-refractivity contribution in [3.63, 3.8) is 0 Å². The molecule has 0 saturated heterocycles. The standard InChI is InChI=1S/C20H24ClN7O4S/c1-12(17(32-3)18-22-10-13(21)11-23-18)33(29,30)27-20-26-25-19(28(20)14-6-4-7-14)15-8-5-9-16(24-15)31-2/h5,8-12,14,17H,4,6-7H2,1-3H3,(H,26,27)/t12-,17-/m0/s1. The molecule has 0 aromatic carbocycles. The predicted octanol–water partition coefficient (Wildman–Crippen LogP) is 3.04. The number of ether oxygens (including phenoxy) is 2. The predicted molar refractivity (Wildman–Crippen MR) is 121 cm³/mol. The van der Waals surface area contributed by atoms with Gasteiger partial charge in [-0.3, -0.25) is 9.29 Å². The highest BCUT2D eigenvalue weighted by atomic mass is 35.5. The topological polar surface area (TPSA) is 134 Å². The third-order valence-corrected chi connectivity index (χ3v) is 7.48. The van der Waals surface area contributed by atoms with Crippen molar-refractivity contribution in [2.24, 2.45) is 0 Å². The molecule has 1 N–H and O–H groups in total. The zero-order valence-electron chi connectivity index (χ0n) is 18.3. The van der Waals surface area contributed by atoms with E-state index in [9.17, 15) is 8.42 Å². The number of anilines is 1. The first-order valence-electron chi connectivity index (χ1n) is 10.3. The van der Waals surface area contributed by atoms with Crippen LogP contribution in [0.4, 0.5) is 5.95 Å². The summed E-state index contributed by atoms with van der Waals surface area (Å²) in [4.78, 5) is 12.6. The van der Waals surface area contributed by atoms with E-state index >= 15 is 0 Å². The largest absolute Gasteiger partial charge is 0.481 e.